The molecule has 0 bridgehead atoms. The van der Waals surface area contributed by atoms with Gasteiger partial charge in [-0.25, -0.2) is 0 Å². The lowest BCUT2D eigenvalue weighted by Crippen LogP contribution is -2.30. The third-order valence-electron chi connectivity index (χ3n) is 3.27. The van der Waals surface area contributed by atoms with Gasteiger partial charge in [-0.2, -0.15) is 8.78 Å². The molecule has 1 aromatic rings. The molecular weight excluding hydrogens is 316 g/mol. The molecule has 0 saturated heterocycles. The van der Waals surface area contributed by atoms with Crippen LogP contribution >= 0.6 is 11.6 Å². The highest BCUT2D eigenvalue weighted by molar-refractivity contribution is 7.92. The Morgan fingerprint density at radius 3 is 2.33 bits per heavy atom. The van der Waals surface area contributed by atoms with Gasteiger partial charge in [-0.3, -0.25) is 4.98 Å². The van der Waals surface area contributed by atoms with E-state index in [9.17, 15) is 13.3 Å². The van der Waals surface area contributed by atoms with Crippen LogP contribution in [0.25, 0.3) is 0 Å². The van der Waals surface area contributed by atoms with Crippen molar-refractivity contribution >= 4 is 22.8 Å². The lowest BCUT2D eigenvalue weighted by molar-refractivity contribution is 0.0128. The molecule has 21 heavy (non-hydrogen) atoms. The summed E-state index contributed by atoms with van der Waals surface area (Å²) in [5.74, 6) is -2.42. The molecule has 0 radical (unpaired) electrons. The van der Waals surface area contributed by atoms with Crippen LogP contribution < -0.4 is 0 Å². The van der Waals surface area contributed by atoms with Gasteiger partial charge in [-0.05, 0) is 55.9 Å². The fourth-order valence-corrected chi connectivity index (χ4v) is 3.32. The summed E-state index contributed by atoms with van der Waals surface area (Å²) in [4.78, 5) is 3.79. The van der Waals surface area contributed by atoms with Crippen LogP contribution in [0.3, 0.4) is 0 Å². The summed E-state index contributed by atoms with van der Waals surface area (Å²) >= 11 is 4.96. The van der Waals surface area contributed by atoms with Gasteiger partial charge in [0.15, 0.2) is 0 Å². The Hall–Kier alpha value is -0.390. The fraction of sp³-hybridized carbons (Fsp3) is 0.667. The van der Waals surface area contributed by atoms with Crippen LogP contribution in [0.15, 0.2) is 12.3 Å². The Balaban J connectivity index is 2.76. The van der Waals surface area contributed by atoms with Crippen molar-refractivity contribution in [3.63, 3.8) is 0 Å². The molecule has 0 aliphatic heterocycles. The molecule has 0 aliphatic rings. The van der Waals surface area contributed by atoms with Gasteiger partial charge in [0.1, 0.15) is 16.2 Å². The molecule has 0 N–H and O–H groups in total. The molecule has 1 aromatic heterocycles. The number of alkyl halides is 2. The Labute approximate surface area is 133 Å². The van der Waals surface area contributed by atoms with Crippen LogP contribution in [0.4, 0.5) is 8.78 Å². The van der Waals surface area contributed by atoms with E-state index >= 15 is 0 Å². The Kier molecular flexibility index (Phi) is 6.04. The average Bonchev–Trinajstić information content (AvgIpc) is 2.32. The summed E-state index contributed by atoms with van der Waals surface area (Å²) in [5.41, 5.74) is 0.386. The SMILES string of the molecule is C[C@H](CC[S+]([O-])C(C)(C)C)c1cnc(C(C)(F)F)c(Cl)c1. The van der Waals surface area contributed by atoms with E-state index in [0.29, 0.717) is 12.2 Å². The zero-order chi connectivity index (χ0) is 16.4. The molecule has 2 atom stereocenters. The van der Waals surface area contributed by atoms with E-state index in [4.69, 9.17) is 11.6 Å². The van der Waals surface area contributed by atoms with E-state index in [1.165, 1.54) is 12.3 Å². The zero-order valence-corrected chi connectivity index (χ0v) is 14.6. The highest BCUT2D eigenvalue weighted by Gasteiger charge is 2.30. The van der Waals surface area contributed by atoms with Gasteiger partial charge in [-0.1, -0.05) is 18.5 Å². The zero-order valence-electron chi connectivity index (χ0n) is 13.0. The first-order valence-corrected chi connectivity index (χ1v) is 8.55. The summed E-state index contributed by atoms with van der Waals surface area (Å²) < 4.78 is 38.3. The Morgan fingerprint density at radius 2 is 1.90 bits per heavy atom. The molecule has 0 fully saturated rings. The minimum atomic E-state index is -3.05. The maximum absolute atomic E-state index is 13.2. The van der Waals surface area contributed by atoms with E-state index < -0.39 is 22.8 Å². The number of hydrogen-bond acceptors (Lipinski definition) is 2. The highest BCUT2D eigenvalue weighted by Crippen LogP contribution is 2.33. The van der Waals surface area contributed by atoms with Crippen molar-refractivity contribution in [1.82, 2.24) is 4.98 Å². The lowest BCUT2D eigenvalue weighted by atomic mass is 10.00. The number of aromatic nitrogens is 1. The van der Waals surface area contributed by atoms with Gasteiger partial charge in [0, 0.05) is 13.1 Å². The second-order valence-electron chi connectivity index (χ2n) is 6.34. The molecule has 0 spiro atoms. The van der Waals surface area contributed by atoms with Gasteiger partial charge in [0.05, 0.1) is 5.02 Å². The van der Waals surface area contributed by atoms with Crippen LogP contribution in [-0.2, 0) is 17.1 Å². The number of nitrogens with zero attached hydrogens (tertiary/aromatic N) is 1. The first-order chi connectivity index (χ1) is 9.43. The van der Waals surface area contributed by atoms with Gasteiger partial charge in [0.2, 0.25) is 0 Å². The molecule has 0 amide bonds. The molecule has 2 nitrogen and oxygen atoms in total. The largest absolute Gasteiger partial charge is 0.616 e. The van der Waals surface area contributed by atoms with Crippen molar-refractivity contribution in [3.05, 3.63) is 28.5 Å². The smallest absolute Gasteiger partial charge is 0.288 e. The van der Waals surface area contributed by atoms with E-state index in [2.05, 4.69) is 4.98 Å². The van der Waals surface area contributed by atoms with Gasteiger partial charge >= 0.3 is 0 Å². The summed E-state index contributed by atoms with van der Waals surface area (Å²) in [5, 5.41) is -0.0243. The van der Waals surface area contributed by atoms with Gasteiger partial charge < -0.3 is 4.55 Å². The molecule has 1 unspecified atom stereocenters. The molecule has 0 aromatic carbocycles. The van der Waals surface area contributed by atoms with Crippen molar-refractivity contribution in [2.24, 2.45) is 0 Å². The van der Waals surface area contributed by atoms with E-state index in [1.807, 2.05) is 27.7 Å². The van der Waals surface area contributed by atoms with Crippen LogP contribution in [0.5, 0.6) is 0 Å². The molecule has 0 saturated carbocycles. The summed E-state index contributed by atoms with van der Waals surface area (Å²) in [6.45, 7) is 8.53. The second-order valence-corrected chi connectivity index (χ2v) is 9.07. The van der Waals surface area contributed by atoms with Crippen molar-refractivity contribution in [2.75, 3.05) is 5.75 Å². The quantitative estimate of drug-likeness (QED) is 0.717. The summed E-state index contributed by atoms with van der Waals surface area (Å²) in [7, 11) is 0. The number of rotatable bonds is 5. The molecule has 6 heteroatoms. The molecule has 0 aliphatic carbocycles. The first-order valence-electron chi connectivity index (χ1n) is 6.85. The van der Waals surface area contributed by atoms with Crippen LogP contribution in [0.1, 0.15) is 58.2 Å². The fourth-order valence-electron chi connectivity index (χ4n) is 1.80. The molecule has 1 rings (SSSR count). The monoisotopic (exact) mass is 337 g/mol. The normalized spacial score (nSPS) is 15.9. The standard InChI is InChI=1S/C15H22ClF2NOS/c1-10(6-7-21(20)14(2,3)4)11-8-12(16)13(19-9-11)15(5,17)18/h8-10H,6-7H2,1-5H3/t10-,21?/m1/s1. The third-order valence-corrected chi connectivity index (χ3v) is 5.53. The van der Waals surface area contributed by atoms with Crippen LogP contribution in [0, 0.1) is 0 Å². The highest BCUT2D eigenvalue weighted by atomic mass is 35.5. The maximum atomic E-state index is 13.2. The van der Waals surface area contributed by atoms with Crippen molar-refractivity contribution in [2.45, 2.75) is 57.6 Å². The topological polar surface area (TPSA) is 36.0 Å². The minimum Gasteiger partial charge on any atom is -0.616 e. The predicted octanol–water partition coefficient (Wildman–Crippen LogP) is 4.89. The number of pyridine rings is 1. The van der Waals surface area contributed by atoms with Crippen molar-refractivity contribution < 1.29 is 13.3 Å². The second kappa shape index (κ2) is 6.80. The summed E-state index contributed by atoms with van der Waals surface area (Å²) in [6.07, 6.45) is 2.13. The predicted molar refractivity (Wildman–Crippen MR) is 84.6 cm³/mol. The maximum Gasteiger partial charge on any atom is 0.288 e. The first kappa shape index (κ1) is 18.7. The lowest BCUT2D eigenvalue weighted by Gasteiger charge is -2.25. The summed E-state index contributed by atoms with van der Waals surface area (Å²) in [6, 6.07) is 1.53. The van der Waals surface area contributed by atoms with E-state index in [-0.39, 0.29) is 15.7 Å². The van der Waals surface area contributed by atoms with Crippen molar-refractivity contribution in [1.29, 1.82) is 0 Å². The van der Waals surface area contributed by atoms with Crippen LogP contribution in [0.2, 0.25) is 5.02 Å². The van der Waals surface area contributed by atoms with E-state index in [0.717, 1.165) is 12.5 Å². The van der Waals surface area contributed by atoms with Gasteiger partial charge in [-0.15, -0.1) is 0 Å². The molecule has 120 valence electrons. The van der Waals surface area contributed by atoms with Gasteiger partial charge in [0.25, 0.3) is 5.92 Å². The molecule has 1 heterocycles. The number of hydrogen-bond donors (Lipinski definition) is 0. The third kappa shape index (κ3) is 5.38. The Morgan fingerprint density at radius 1 is 1.33 bits per heavy atom. The number of halogens is 3. The van der Waals surface area contributed by atoms with E-state index in [1.54, 1.807) is 0 Å². The Bertz CT molecular complexity index is 486. The van der Waals surface area contributed by atoms with Crippen molar-refractivity contribution in [3.8, 4) is 0 Å². The average molecular weight is 338 g/mol. The van der Waals surface area contributed by atoms with Crippen LogP contribution in [-0.4, -0.2) is 20.0 Å². The molecular formula is C15H22ClF2NOS. The minimum absolute atomic E-state index is 0.0243.